The van der Waals surface area contributed by atoms with Crippen molar-refractivity contribution in [3.63, 3.8) is 0 Å². The van der Waals surface area contributed by atoms with E-state index in [1.165, 1.54) is 55.3 Å². The molecule has 0 heterocycles. The van der Waals surface area contributed by atoms with Crippen molar-refractivity contribution in [2.75, 3.05) is 5.32 Å². The van der Waals surface area contributed by atoms with Crippen LogP contribution in [0.25, 0.3) is 44.2 Å². The number of benzene rings is 7. The van der Waals surface area contributed by atoms with Gasteiger partial charge in [0.2, 0.25) is 0 Å². The molecule has 0 aliphatic heterocycles. The van der Waals surface area contributed by atoms with Crippen LogP contribution in [0.5, 0.6) is 0 Å². The third-order valence-corrected chi connectivity index (χ3v) is 9.34. The molecule has 3 heteroatoms. The molecule has 7 aromatic rings. The maximum atomic E-state index is 9.40. The molecule has 48 heavy (non-hydrogen) atoms. The zero-order chi connectivity index (χ0) is 33.1. The summed E-state index contributed by atoms with van der Waals surface area (Å²) >= 11 is 0. The number of nitrogens with one attached hydrogen (secondary N) is 1. The average molecular weight is 620 g/mol. The standard InChI is InChI=1S/C33H26N2.C12H11N/c1-33(2)31-15-22(20-35)5-13-29(31)30-14-12-27(18-32(30)33)26-11-9-24-8-10-25(16-28(24)17-26)23-6-3-21(19-34)4-7-23;1-3-7-11(8-4-1)13-12-9-5-2-6-10-12/h3-18H,19,34H2,1-2H3;1-10,13H. The monoisotopic (exact) mass is 619 g/mol. The van der Waals surface area contributed by atoms with Gasteiger partial charge in [-0.05, 0) is 115 Å². The molecule has 1 aliphatic rings. The van der Waals surface area contributed by atoms with Gasteiger partial charge >= 0.3 is 0 Å². The molecule has 0 saturated heterocycles. The molecule has 232 valence electrons. The topological polar surface area (TPSA) is 61.8 Å². The van der Waals surface area contributed by atoms with Gasteiger partial charge in [0.1, 0.15) is 0 Å². The summed E-state index contributed by atoms with van der Waals surface area (Å²) < 4.78 is 0. The molecule has 7 aromatic carbocycles. The number of nitrogens with two attached hydrogens (primary N) is 1. The third kappa shape index (κ3) is 6.10. The largest absolute Gasteiger partial charge is 0.356 e. The lowest BCUT2D eigenvalue weighted by molar-refractivity contribution is 0.660. The van der Waals surface area contributed by atoms with Crippen LogP contribution in [0.2, 0.25) is 0 Å². The fourth-order valence-corrected chi connectivity index (χ4v) is 6.64. The van der Waals surface area contributed by atoms with E-state index in [0.29, 0.717) is 12.1 Å². The van der Waals surface area contributed by atoms with Gasteiger partial charge in [-0.2, -0.15) is 5.26 Å². The van der Waals surface area contributed by atoms with E-state index in [0.717, 1.165) is 16.9 Å². The Balaban J connectivity index is 0.000000235. The zero-order valence-electron chi connectivity index (χ0n) is 27.2. The maximum Gasteiger partial charge on any atom is 0.0991 e. The second kappa shape index (κ2) is 13.0. The minimum atomic E-state index is -0.146. The van der Waals surface area contributed by atoms with E-state index in [2.05, 4.69) is 110 Å². The molecular formula is C45H37N3. The molecule has 0 bridgehead atoms. The third-order valence-electron chi connectivity index (χ3n) is 9.34. The molecule has 0 fully saturated rings. The van der Waals surface area contributed by atoms with Gasteiger partial charge in [0, 0.05) is 23.3 Å². The van der Waals surface area contributed by atoms with Crippen LogP contribution in [0.15, 0.2) is 158 Å². The Morgan fingerprint density at radius 2 is 1.04 bits per heavy atom. The Morgan fingerprint density at radius 3 is 1.62 bits per heavy atom. The molecule has 0 aromatic heterocycles. The smallest absolute Gasteiger partial charge is 0.0991 e. The molecule has 0 amide bonds. The summed E-state index contributed by atoms with van der Waals surface area (Å²) in [6, 6.07) is 57.3. The van der Waals surface area contributed by atoms with E-state index in [-0.39, 0.29) is 5.41 Å². The van der Waals surface area contributed by atoms with E-state index in [9.17, 15) is 5.26 Å². The SMILES string of the molecule is CC1(C)c2cc(C#N)ccc2-c2ccc(-c3ccc4ccc(-c5ccc(CN)cc5)cc4c3)cc21.c1ccc(Nc2ccccc2)cc1. The van der Waals surface area contributed by atoms with Crippen LogP contribution < -0.4 is 11.1 Å². The first kappa shape index (κ1) is 30.7. The van der Waals surface area contributed by atoms with Gasteiger partial charge in [-0.1, -0.05) is 117 Å². The molecule has 0 spiro atoms. The van der Waals surface area contributed by atoms with Crippen molar-refractivity contribution in [1.82, 2.24) is 0 Å². The molecule has 0 unspecified atom stereocenters. The first-order valence-corrected chi connectivity index (χ1v) is 16.3. The van der Waals surface area contributed by atoms with E-state index in [1.807, 2.05) is 72.8 Å². The van der Waals surface area contributed by atoms with Crippen molar-refractivity contribution >= 4 is 22.1 Å². The fourth-order valence-electron chi connectivity index (χ4n) is 6.64. The first-order chi connectivity index (χ1) is 23.4. The van der Waals surface area contributed by atoms with Crippen molar-refractivity contribution in [1.29, 1.82) is 5.26 Å². The highest BCUT2D eigenvalue weighted by atomic mass is 14.9. The molecule has 8 rings (SSSR count). The molecule has 0 saturated carbocycles. The number of nitrogens with zero attached hydrogens (tertiary/aromatic N) is 1. The van der Waals surface area contributed by atoms with Crippen molar-refractivity contribution < 1.29 is 0 Å². The lowest BCUT2D eigenvalue weighted by Gasteiger charge is -2.22. The van der Waals surface area contributed by atoms with E-state index in [4.69, 9.17) is 5.73 Å². The number of anilines is 2. The average Bonchev–Trinajstić information content (AvgIpc) is 3.37. The van der Waals surface area contributed by atoms with Gasteiger partial charge in [0.15, 0.2) is 0 Å². The quantitative estimate of drug-likeness (QED) is 0.201. The first-order valence-electron chi connectivity index (χ1n) is 16.3. The lowest BCUT2D eigenvalue weighted by Crippen LogP contribution is -2.15. The van der Waals surface area contributed by atoms with Crippen molar-refractivity contribution in [3.05, 3.63) is 180 Å². The number of nitriles is 1. The zero-order valence-corrected chi connectivity index (χ0v) is 27.2. The van der Waals surface area contributed by atoms with Gasteiger partial charge in [-0.3, -0.25) is 0 Å². The second-order valence-corrected chi connectivity index (χ2v) is 12.8. The minimum absolute atomic E-state index is 0.146. The summed E-state index contributed by atoms with van der Waals surface area (Å²) in [5.41, 5.74) is 19.6. The highest BCUT2D eigenvalue weighted by Gasteiger charge is 2.35. The predicted molar refractivity (Wildman–Crippen MR) is 201 cm³/mol. The predicted octanol–water partition coefficient (Wildman–Crippen LogP) is 11.2. The summed E-state index contributed by atoms with van der Waals surface area (Å²) in [7, 11) is 0. The van der Waals surface area contributed by atoms with Crippen LogP contribution in [0.1, 0.15) is 36.1 Å². The summed E-state index contributed by atoms with van der Waals surface area (Å²) in [6.45, 7) is 5.07. The van der Waals surface area contributed by atoms with Crippen LogP contribution in [0.3, 0.4) is 0 Å². The molecule has 1 aliphatic carbocycles. The number of rotatable bonds is 5. The Hall–Kier alpha value is -5.95. The van der Waals surface area contributed by atoms with Crippen LogP contribution >= 0.6 is 0 Å². The summed E-state index contributed by atoms with van der Waals surface area (Å²) in [5, 5.41) is 15.2. The fraction of sp³-hybridized carbons (Fsp3) is 0.0889. The van der Waals surface area contributed by atoms with Gasteiger partial charge in [0.05, 0.1) is 11.6 Å². The second-order valence-electron chi connectivity index (χ2n) is 12.8. The molecule has 0 radical (unpaired) electrons. The van der Waals surface area contributed by atoms with E-state index in [1.54, 1.807) is 0 Å². The Morgan fingerprint density at radius 1 is 0.542 bits per heavy atom. The minimum Gasteiger partial charge on any atom is -0.356 e. The number of fused-ring (bicyclic) bond motifs is 4. The summed E-state index contributed by atoms with van der Waals surface area (Å²) in [5.74, 6) is 0. The number of hydrogen-bond acceptors (Lipinski definition) is 3. The van der Waals surface area contributed by atoms with Crippen LogP contribution in [0.4, 0.5) is 11.4 Å². The van der Waals surface area contributed by atoms with Gasteiger partial charge in [-0.25, -0.2) is 0 Å². The van der Waals surface area contributed by atoms with E-state index >= 15 is 0 Å². The molecular weight excluding hydrogens is 583 g/mol. The Bertz CT molecular complexity index is 2220. The van der Waals surface area contributed by atoms with Crippen LogP contribution in [-0.2, 0) is 12.0 Å². The maximum absolute atomic E-state index is 9.40. The molecule has 0 atom stereocenters. The highest BCUT2D eigenvalue weighted by Crippen LogP contribution is 2.50. The van der Waals surface area contributed by atoms with Crippen molar-refractivity contribution in [2.24, 2.45) is 5.73 Å². The van der Waals surface area contributed by atoms with E-state index < -0.39 is 0 Å². The summed E-state index contributed by atoms with van der Waals surface area (Å²) in [6.07, 6.45) is 0. The Labute approximate surface area is 283 Å². The molecule has 3 nitrogen and oxygen atoms in total. The lowest BCUT2D eigenvalue weighted by atomic mass is 9.81. The molecule has 3 N–H and O–H groups in total. The number of para-hydroxylation sites is 2. The van der Waals surface area contributed by atoms with Crippen molar-refractivity contribution in [2.45, 2.75) is 25.8 Å². The summed E-state index contributed by atoms with van der Waals surface area (Å²) in [4.78, 5) is 0. The van der Waals surface area contributed by atoms with Crippen LogP contribution in [0, 0.1) is 11.3 Å². The normalized spacial score (nSPS) is 12.3. The van der Waals surface area contributed by atoms with Crippen molar-refractivity contribution in [3.8, 4) is 39.4 Å². The Kier molecular flexibility index (Phi) is 8.34. The number of hydrogen-bond donors (Lipinski definition) is 2. The van der Waals surface area contributed by atoms with Gasteiger partial charge < -0.3 is 11.1 Å². The van der Waals surface area contributed by atoms with Crippen LogP contribution in [-0.4, -0.2) is 0 Å². The van der Waals surface area contributed by atoms with Gasteiger partial charge in [-0.15, -0.1) is 0 Å². The highest BCUT2D eigenvalue weighted by molar-refractivity contribution is 5.92. The van der Waals surface area contributed by atoms with Gasteiger partial charge in [0.25, 0.3) is 0 Å².